The molecule has 0 radical (unpaired) electrons. The number of hydrogen-bond donors (Lipinski definition) is 0. The summed E-state index contributed by atoms with van der Waals surface area (Å²) in [6, 6.07) is 0.897. The van der Waals surface area contributed by atoms with Gasteiger partial charge in [0.25, 0.3) is 5.91 Å². The number of hydrogen-bond acceptors (Lipinski definition) is 3. The van der Waals surface area contributed by atoms with Gasteiger partial charge >= 0.3 is 5.97 Å². The molecule has 20 heavy (non-hydrogen) atoms. The van der Waals surface area contributed by atoms with E-state index in [0.717, 1.165) is 4.90 Å². The minimum atomic E-state index is -1.26. The number of rotatable bonds is 2. The molecule has 1 heterocycles. The van der Waals surface area contributed by atoms with Crippen molar-refractivity contribution in [3.05, 3.63) is 35.1 Å². The highest BCUT2D eigenvalue weighted by molar-refractivity contribution is 5.95. The maximum absolute atomic E-state index is 13.5. The Morgan fingerprint density at radius 1 is 1.25 bits per heavy atom. The summed E-state index contributed by atoms with van der Waals surface area (Å²) in [6.07, 6.45) is 0.364. The van der Waals surface area contributed by atoms with Gasteiger partial charge < -0.3 is 9.64 Å². The lowest BCUT2D eigenvalue weighted by atomic mass is 10.1. The van der Waals surface area contributed by atoms with E-state index in [9.17, 15) is 22.8 Å². The summed E-state index contributed by atoms with van der Waals surface area (Å²) in [5.74, 6) is -5.48. The van der Waals surface area contributed by atoms with Crippen LogP contribution in [-0.2, 0) is 9.53 Å². The van der Waals surface area contributed by atoms with Crippen molar-refractivity contribution in [2.24, 2.45) is 5.92 Å². The molecule has 1 saturated heterocycles. The highest BCUT2D eigenvalue weighted by Gasteiger charge is 2.34. The molecule has 1 fully saturated rings. The molecule has 1 aliphatic heterocycles. The molecule has 1 aliphatic rings. The van der Waals surface area contributed by atoms with Crippen molar-refractivity contribution in [2.45, 2.75) is 6.42 Å². The van der Waals surface area contributed by atoms with Crippen LogP contribution in [0.2, 0.25) is 0 Å². The number of likely N-dealkylation sites (tertiary alicyclic amines) is 1. The monoisotopic (exact) mass is 287 g/mol. The number of ether oxygens (including phenoxy) is 1. The van der Waals surface area contributed by atoms with Crippen molar-refractivity contribution in [2.75, 3.05) is 20.2 Å². The van der Waals surface area contributed by atoms with Gasteiger partial charge in [0.15, 0.2) is 0 Å². The van der Waals surface area contributed by atoms with E-state index in [1.165, 1.54) is 7.11 Å². The SMILES string of the molecule is COC(=O)C1CCN(C(=O)c2c(F)cc(F)cc2F)C1. The summed E-state index contributed by atoms with van der Waals surface area (Å²) in [5.41, 5.74) is -0.808. The highest BCUT2D eigenvalue weighted by Crippen LogP contribution is 2.23. The van der Waals surface area contributed by atoms with E-state index in [1.807, 2.05) is 0 Å². The molecule has 0 aliphatic carbocycles. The summed E-state index contributed by atoms with van der Waals surface area (Å²) in [6.45, 7) is 0.219. The first-order valence-corrected chi connectivity index (χ1v) is 5.95. The zero-order chi connectivity index (χ0) is 14.9. The Kier molecular flexibility index (Phi) is 3.96. The van der Waals surface area contributed by atoms with Crippen LogP contribution in [0.3, 0.4) is 0 Å². The van der Waals surface area contributed by atoms with Gasteiger partial charge in [-0.25, -0.2) is 13.2 Å². The van der Waals surface area contributed by atoms with Gasteiger partial charge in [-0.15, -0.1) is 0 Å². The van der Waals surface area contributed by atoms with Crippen molar-refractivity contribution in [1.82, 2.24) is 4.90 Å². The Morgan fingerprint density at radius 2 is 1.85 bits per heavy atom. The van der Waals surface area contributed by atoms with Crippen molar-refractivity contribution in [1.29, 1.82) is 0 Å². The first-order valence-electron chi connectivity index (χ1n) is 5.95. The zero-order valence-corrected chi connectivity index (χ0v) is 10.7. The number of halogens is 3. The van der Waals surface area contributed by atoms with Crippen molar-refractivity contribution < 1.29 is 27.5 Å². The lowest BCUT2D eigenvalue weighted by Crippen LogP contribution is -2.31. The standard InChI is InChI=1S/C13H12F3NO3/c1-20-13(19)7-2-3-17(6-7)12(18)11-9(15)4-8(14)5-10(11)16/h4-5,7H,2-3,6H2,1H3. The van der Waals surface area contributed by atoms with E-state index in [0.29, 0.717) is 18.6 Å². The predicted octanol–water partition coefficient (Wildman–Crippen LogP) is 1.74. The van der Waals surface area contributed by atoms with E-state index in [1.54, 1.807) is 0 Å². The fourth-order valence-electron chi connectivity index (χ4n) is 2.21. The van der Waals surface area contributed by atoms with E-state index >= 15 is 0 Å². The second-order valence-electron chi connectivity index (χ2n) is 4.50. The van der Waals surface area contributed by atoms with Crippen molar-refractivity contribution >= 4 is 11.9 Å². The zero-order valence-electron chi connectivity index (χ0n) is 10.7. The molecule has 4 nitrogen and oxygen atoms in total. The van der Waals surface area contributed by atoms with Crippen molar-refractivity contribution in [3.63, 3.8) is 0 Å². The molecule has 2 rings (SSSR count). The third kappa shape index (κ3) is 2.61. The third-order valence-electron chi connectivity index (χ3n) is 3.23. The average molecular weight is 287 g/mol. The molecule has 1 atom stereocenters. The van der Waals surface area contributed by atoms with Crippen molar-refractivity contribution in [3.8, 4) is 0 Å². The van der Waals surface area contributed by atoms with Crippen LogP contribution >= 0.6 is 0 Å². The summed E-state index contributed by atoms with van der Waals surface area (Å²) in [5, 5.41) is 0. The fraction of sp³-hybridized carbons (Fsp3) is 0.385. The second-order valence-corrected chi connectivity index (χ2v) is 4.50. The van der Waals surface area contributed by atoms with Gasteiger partial charge in [0.1, 0.15) is 23.0 Å². The molecule has 1 amide bonds. The van der Waals surface area contributed by atoms with Crippen LogP contribution in [0, 0.1) is 23.4 Å². The van der Waals surface area contributed by atoms with Gasteiger partial charge in [-0.2, -0.15) is 0 Å². The van der Waals surface area contributed by atoms with E-state index in [2.05, 4.69) is 4.74 Å². The molecule has 108 valence electrons. The van der Waals surface area contributed by atoms with Gasteiger partial charge in [0, 0.05) is 25.2 Å². The molecular weight excluding hydrogens is 275 g/mol. The summed E-state index contributed by atoms with van der Waals surface area (Å²) >= 11 is 0. The number of methoxy groups -OCH3 is 1. The molecule has 7 heteroatoms. The molecule has 0 spiro atoms. The van der Waals surface area contributed by atoms with Crippen LogP contribution < -0.4 is 0 Å². The normalized spacial score (nSPS) is 18.2. The van der Waals surface area contributed by atoms with Gasteiger partial charge in [0.05, 0.1) is 13.0 Å². The first-order chi connectivity index (χ1) is 9.43. The minimum Gasteiger partial charge on any atom is -0.469 e. The number of carbonyl (C=O) groups is 2. The van der Waals surface area contributed by atoms with Crippen LogP contribution in [-0.4, -0.2) is 37.0 Å². The van der Waals surface area contributed by atoms with Crippen LogP contribution in [0.4, 0.5) is 13.2 Å². The highest BCUT2D eigenvalue weighted by atomic mass is 19.1. The Morgan fingerprint density at radius 3 is 2.40 bits per heavy atom. The molecule has 0 aromatic heterocycles. The molecule has 0 bridgehead atoms. The Bertz CT molecular complexity index is 539. The molecule has 1 unspecified atom stereocenters. The largest absolute Gasteiger partial charge is 0.469 e. The van der Waals surface area contributed by atoms with Gasteiger partial charge in [-0.05, 0) is 6.42 Å². The Hall–Kier alpha value is -2.05. The lowest BCUT2D eigenvalue weighted by Gasteiger charge is -2.17. The minimum absolute atomic E-state index is 0.0295. The third-order valence-corrected chi connectivity index (χ3v) is 3.23. The van der Waals surface area contributed by atoms with Gasteiger partial charge in [-0.3, -0.25) is 9.59 Å². The predicted molar refractivity (Wildman–Crippen MR) is 62.3 cm³/mol. The van der Waals surface area contributed by atoms with Crippen LogP contribution in [0.25, 0.3) is 0 Å². The Balaban J connectivity index is 2.20. The summed E-state index contributed by atoms with van der Waals surface area (Å²) in [4.78, 5) is 24.5. The maximum Gasteiger partial charge on any atom is 0.310 e. The van der Waals surface area contributed by atoms with E-state index in [-0.39, 0.29) is 13.1 Å². The van der Waals surface area contributed by atoms with E-state index < -0.39 is 40.8 Å². The number of amides is 1. The first kappa shape index (κ1) is 14.4. The summed E-state index contributed by atoms with van der Waals surface area (Å²) in [7, 11) is 1.23. The molecule has 1 aromatic rings. The molecule has 0 saturated carbocycles. The van der Waals surface area contributed by atoms with E-state index in [4.69, 9.17) is 0 Å². The quantitative estimate of drug-likeness (QED) is 0.778. The fourth-order valence-corrected chi connectivity index (χ4v) is 2.21. The molecular formula is C13H12F3NO3. The Labute approximate surface area is 113 Å². The number of benzene rings is 1. The lowest BCUT2D eigenvalue weighted by molar-refractivity contribution is -0.144. The second kappa shape index (κ2) is 5.52. The number of esters is 1. The van der Waals surface area contributed by atoms with Crippen LogP contribution in [0.1, 0.15) is 16.8 Å². The number of carbonyl (C=O) groups excluding carboxylic acids is 2. The maximum atomic E-state index is 13.5. The molecule has 1 aromatic carbocycles. The summed E-state index contributed by atoms with van der Waals surface area (Å²) < 4.78 is 44.4. The average Bonchev–Trinajstić information content (AvgIpc) is 2.86. The topological polar surface area (TPSA) is 46.6 Å². The van der Waals surface area contributed by atoms with Gasteiger partial charge in [-0.1, -0.05) is 0 Å². The van der Waals surface area contributed by atoms with Crippen LogP contribution in [0.5, 0.6) is 0 Å². The number of nitrogens with zero attached hydrogens (tertiary/aromatic N) is 1. The van der Waals surface area contributed by atoms with Gasteiger partial charge in [0.2, 0.25) is 0 Å². The smallest absolute Gasteiger partial charge is 0.310 e. The molecule has 0 N–H and O–H groups in total. The van der Waals surface area contributed by atoms with Crippen LogP contribution in [0.15, 0.2) is 12.1 Å².